The highest BCUT2D eigenvalue weighted by molar-refractivity contribution is 5.46. The Hall–Kier alpha value is -1.20. The number of aromatic nitrogens is 1. The summed E-state index contributed by atoms with van der Waals surface area (Å²) in [6.07, 6.45) is 2.37. The van der Waals surface area contributed by atoms with Crippen molar-refractivity contribution in [2.75, 3.05) is 45.2 Å². The summed E-state index contributed by atoms with van der Waals surface area (Å²) in [4.78, 5) is 8.69. The molecule has 0 aliphatic heterocycles. The van der Waals surface area contributed by atoms with E-state index in [2.05, 4.69) is 41.1 Å². The van der Waals surface area contributed by atoms with Crippen LogP contribution in [0.4, 0.5) is 10.2 Å². The normalized spacial score (nSPS) is 11.1. The Morgan fingerprint density at radius 1 is 1.25 bits per heavy atom. The molecule has 0 spiro atoms. The molecule has 0 aromatic carbocycles. The fourth-order valence-corrected chi connectivity index (χ4v) is 2.14. The van der Waals surface area contributed by atoms with Gasteiger partial charge in [-0.3, -0.25) is 0 Å². The molecule has 4 nitrogen and oxygen atoms in total. The van der Waals surface area contributed by atoms with Gasteiger partial charge in [0.2, 0.25) is 0 Å². The van der Waals surface area contributed by atoms with Crippen molar-refractivity contribution in [1.29, 1.82) is 0 Å². The van der Waals surface area contributed by atoms with Gasteiger partial charge in [-0.15, -0.1) is 0 Å². The number of nitrogens with one attached hydrogen (secondary N) is 1. The van der Waals surface area contributed by atoms with Crippen molar-refractivity contribution in [3.8, 4) is 0 Å². The lowest BCUT2D eigenvalue weighted by molar-refractivity contribution is 0.400. The van der Waals surface area contributed by atoms with Crippen LogP contribution in [0.5, 0.6) is 0 Å². The molecule has 0 fully saturated rings. The molecule has 0 aliphatic rings. The van der Waals surface area contributed by atoms with Gasteiger partial charge in [-0.25, -0.2) is 9.37 Å². The van der Waals surface area contributed by atoms with Crippen molar-refractivity contribution in [1.82, 2.24) is 15.2 Å². The SMILES string of the molecule is CCNCc1cc(F)cnc1N(CC)CCCN(C)C. The van der Waals surface area contributed by atoms with Crippen LogP contribution in [-0.4, -0.2) is 50.2 Å². The minimum Gasteiger partial charge on any atom is -0.357 e. The monoisotopic (exact) mass is 282 g/mol. The smallest absolute Gasteiger partial charge is 0.141 e. The van der Waals surface area contributed by atoms with Crippen molar-refractivity contribution in [3.05, 3.63) is 23.6 Å². The van der Waals surface area contributed by atoms with Gasteiger partial charge < -0.3 is 15.1 Å². The van der Waals surface area contributed by atoms with Crippen LogP contribution in [0.15, 0.2) is 12.3 Å². The van der Waals surface area contributed by atoms with E-state index in [-0.39, 0.29) is 5.82 Å². The second-order valence-electron chi connectivity index (χ2n) is 5.15. The Kier molecular flexibility index (Phi) is 7.47. The molecule has 1 aromatic rings. The van der Waals surface area contributed by atoms with Crippen molar-refractivity contribution in [2.24, 2.45) is 0 Å². The second-order valence-corrected chi connectivity index (χ2v) is 5.15. The van der Waals surface area contributed by atoms with Crippen molar-refractivity contribution >= 4 is 5.82 Å². The lowest BCUT2D eigenvalue weighted by Crippen LogP contribution is -2.29. The first-order valence-corrected chi connectivity index (χ1v) is 7.33. The van der Waals surface area contributed by atoms with E-state index in [1.54, 1.807) is 6.07 Å². The summed E-state index contributed by atoms with van der Waals surface area (Å²) >= 11 is 0. The molecule has 1 aromatic heterocycles. The fourth-order valence-electron chi connectivity index (χ4n) is 2.14. The first kappa shape index (κ1) is 16.9. The first-order chi connectivity index (χ1) is 9.58. The minimum atomic E-state index is -0.272. The Balaban J connectivity index is 2.78. The number of rotatable bonds is 9. The molecular formula is C15H27FN4. The molecule has 0 aliphatic carbocycles. The van der Waals surface area contributed by atoms with E-state index >= 15 is 0 Å². The van der Waals surface area contributed by atoms with E-state index in [0.29, 0.717) is 6.54 Å². The quantitative estimate of drug-likeness (QED) is 0.751. The van der Waals surface area contributed by atoms with E-state index in [1.165, 1.54) is 6.20 Å². The van der Waals surface area contributed by atoms with Crippen LogP contribution in [0.1, 0.15) is 25.8 Å². The zero-order valence-electron chi connectivity index (χ0n) is 13.1. The van der Waals surface area contributed by atoms with E-state index in [9.17, 15) is 4.39 Å². The Morgan fingerprint density at radius 3 is 2.60 bits per heavy atom. The van der Waals surface area contributed by atoms with Gasteiger partial charge in [0.05, 0.1) is 6.20 Å². The maximum atomic E-state index is 13.4. The molecule has 0 unspecified atom stereocenters. The van der Waals surface area contributed by atoms with Gasteiger partial charge in [-0.1, -0.05) is 6.92 Å². The summed E-state index contributed by atoms with van der Waals surface area (Å²) in [6.45, 7) is 8.53. The number of hydrogen-bond acceptors (Lipinski definition) is 4. The van der Waals surface area contributed by atoms with Gasteiger partial charge in [0, 0.05) is 25.2 Å². The highest BCUT2D eigenvalue weighted by Crippen LogP contribution is 2.18. The lowest BCUT2D eigenvalue weighted by atomic mass is 10.2. The predicted octanol–water partition coefficient (Wildman–Crippen LogP) is 2.11. The molecule has 1 heterocycles. The number of halogens is 1. The topological polar surface area (TPSA) is 31.4 Å². The van der Waals surface area contributed by atoms with Gasteiger partial charge in [0.15, 0.2) is 0 Å². The molecule has 114 valence electrons. The molecule has 5 heteroatoms. The highest BCUT2D eigenvalue weighted by atomic mass is 19.1. The third kappa shape index (κ3) is 5.43. The standard InChI is InChI=1S/C15H27FN4/c1-5-17-11-13-10-14(16)12-18-15(13)20(6-2)9-7-8-19(3)4/h10,12,17H,5-9,11H2,1-4H3. The van der Waals surface area contributed by atoms with Crippen molar-refractivity contribution in [2.45, 2.75) is 26.8 Å². The van der Waals surface area contributed by atoms with Crippen LogP contribution < -0.4 is 10.2 Å². The predicted molar refractivity (Wildman–Crippen MR) is 82.6 cm³/mol. The maximum Gasteiger partial charge on any atom is 0.141 e. The maximum absolute atomic E-state index is 13.4. The average molecular weight is 282 g/mol. The Labute approximate surface area is 122 Å². The van der Waals surface area contributed by atoms with E-state index < -0.39 is 0 Å². The van der Waals surface area contributed by atoms with Gasteiger partial charge in [-0.2, -0.15) is 0 Å². The van der Waals surface area contributed by atoms with Gasteiger partial charge in [-0.05, 0) is 46.6 Å². The van der Waals surface area contributed by atoms with Crippen molar-refractivity contribution < 1.29 is 4.39 Å². The minimum absolute atomic E-state index is 0.272. The molecule has 1 rings (SSSR count). The van der Waals surface area contributed by atoms with Gasteiger partial charge >= 0.3 is 0 Å². The molecule has 20 heavy (non-hydrogen) atoms. The van der Waals surface area contributed by atoms with E-state index in [1.807, 2.05) is 6.92 Å². The van der Waals surface area contributed by atoms with Crippen LogP contribution in [0.3, 0.4) is 0 Å². The third-order valence-electron chi connectivity index (χ3n) is 3.19. The zero-order valence-corrected chi connectivity index (χ0v) is 13.1. The fraction of sp³-hybridized carbons (Fsp3) is 0.667. The number of hydrogen-bond donors (Lipinski definition) is 1. The van der Waals surface area contributed by atoms with Crippen LogP contribution in [0.25, 0.3) is 0 Å². The molecule has 0 saturated heterocycles. The van der Waals surface area contributed by atoms with Gasteiger partial charge in [0.1, 0.15) is 11.6 Å². The largest absolute Gasteiger partial charge is 0.357 e. The third-order valence-corrected chi connectivity index (χ3v) is 3.19. The second kappa shape index (κ2) is 8.87. The van der Waals surface area contributed by atoms with Crippen LogP contribution >= 0.6 is 0 Å². The van der Waals surface area contributed by atoms with Crippen molar-refractivity contribution in [3.63, 3.8) is 0 Å². The summed E-state index contributed by atoms with van der Waals surface area (Å²) < 4.78 is 13.4. The number of anilines is 1. The molecule has 0 atom stereocenters. The summed E-state index contributed by atoms with van der Waals surface area (Å²) in [6, 6.07) is 1.58. The molecule has 0 saturated carbocycles. The molecule has 0 bridgehead atoms. The average Bonchev–Trinajstić information content (AvgIpc) is 2.42. The summed E-state index contributed by atoms with van der Waals surface area (Å²) in [5, 5.41) is 3.24. The Morgan fingerprint density at radius 2 is 2.00 bits per heavy atom. The molecule has 0 amide bonds. The number of pyridine rings is 1. The summed E-state index contributed by atoms with van der Waals surface area (Å²) in [5.41, 5.74) is 0.929. The van der Waals surface area contributed by atoms with Crippen LogP contribution in [0, 0.1) is 5.82 Å². The molecule has 0 radical (unpaired) electrons. The van der Waals surface area contributed by atoms with E-state index in [4.69, 9.17) is 0 Å². The molecular weight excluding hydrogens is 255 g/mol. The zero-order chi connectivity index (χ0) is 15.0. The molecule has 1 N–H and O–H groups in total. The first-order valence-electron chi connectivity index (χ1n) is 7.33. The number of nitrogens with zero attached hydrogens (tertiary/aromatic N) is 3. The Bertz CT molecular complexity index is 395. The van der Waals surface area contributed by atoms with Gasteiger partial charge in [0.25, 0.3) is 0 Å². The van der Waals surface area contributed by atoms with Crippen LogP contribution in [0.2, 0.25) is 0 Å². The summed E-state index contributed by atoms with van der Waals surface area (Å²) in [7, 11) is 4.14. The van der Waals surface area contributed by atoms with Crippen LogP contribution in [-0.2, 0) is 6.54 Å². The highest BCUT2D eigenvalue weighted by Gasteiger charge is 2.12. The lowest BCUT2D eigenvalue weighted by Gasteiger charge is -2.25. The summed E-state index contributed by atoms with van der Waals surface area (Å²) in [5.74, 6) is 0.625. The van der Waals surface area contributed by atoms with E-state index in [0.717, 1.165) is 44.0 Å².